The zero-order chi connectivity index (χ0) is 73.7. The van der Waals surface area contributed by atoms with E-state index in [2.05, 4.69) is 45.0 Å². The van der Waals surface area contributed by atoms with E-state index in [1.54, 1.807) is 58.0 Å². The number of unbranched alkanes of at least 4 members (excludes halogenated alkanes) is 1. The number of Topliss-reactive ketones (excluding diaryl/α,β-unsaturated/α-hetero) is 1. The number of aliphatic hydroxyl groups is 1. The van der Waals surface area contributed by atoms with E-state index in [0.717, 1.165) is 24.9 Å². The minimum atomic E-state index is -2.08. The Morgan fingerprint density at radius 1 is 0.920 bits per heavy atom. The maximum absolute atomic E-state index is 15.0. The zero-order valence-electron chi connectivity index (χ0n) is 59.4. The number of benzene rings is 3. The summed E-state index contributed by atoms with van der Waals surface area (Å²) in [7, 11) is 1.10. The summed E-state index contributed by atoms with van der Waals surface area (Å²) in [5, 5.41) is 47.5. The quantitative estimate of drug-likeness (QED) is 0.0118. The SMILES string of the molecule is CCCCC(C)(Cc1ccc(NC(=O)CC(NC(=O)OCOC(=O)CC)C(=O)NCC(=O)OC2C(C)C=C/C=C(/C)C(=O)N=c3c(O)c4c(O)c(C)c5c(c4c4c3=NC3(CCN(CC(C)C)CC3)N4)C(=O)C(C)(OC=CC(OC)C(C)C(OC(C)=O)C(C)C(O)C2C)O5)cc1)C(C=O)P=O. The average molecular weight is 1410 g/mol. The van der Waals surface area contributed by atoms with Gasteiger partial charge in [-0.3, -0.25) is 43.1 Å². The van der Waals surface area contributed by atoms with Gasteiger partial charge in [-0.15, -0.1) is 0 Å². The number of anilines is 2. The molecule has 12 unspecified atom stereocenters. The second-order valence-electron chi connectivity index (χ2n) is 27.3. The number of carbonyl (C=O) groups excluding carboxylic acids is 9. The van der Waals surface area contributed by atoms with E-state index in [1.165, 1.54) is 66.2 Å². The molecule has 0 aliphatic carbocycles. The number of piperidine rings is 1. The number of hydrogen-bond donors (Lipinski definition) is 7. The number of aliphatic hydroxyl groups excluding tert-OH is 1. The van der Waals surface area contributed by atoms with Crippen LogP contribution in [0.25, 0.3) is 10.8 Å². The number of ether oxygens (including phenoxy) is 7. The van der Waals surface area contributed by atoms with Crippen molar-refractivity contribution in [2.45, 2.75) is 189 Å². The molecule has 28 heteroatoms. The Hall–Kier alpha value is -8.65. The highest BCUT2D eigenvalue weighted by Gasteiger charge is 2.51. The Bertz CT molecular complexity index is 3800. The number of aromatic hydroxyl groups is 2. The molecule has 4 amide bonds. The maximum Gasteiger partial charge on any atom is 0.410 e. The molecule has 1 saturated heterocycles. The number of allylic oxidation sites excluding steroid dienone is 2. The van der Waals surface area contributed by atoms with Gasteiger partial charge >= 0.3 is 29.8 Å². The number of alkyl carbamates (subject to hydrolysis) is 1. The van der Waals surface area contributed by atoms with Crippen molar-refractivity contribution in [2.75, 3.05) is 50.7 Å². The monoisotopic (exact) mass is 1410 g/mol. The van der Waals surface area contributed by atoms with E-state index in [1.807, 2.05) is 13.8 Å². The number of hydrogen-bond acceptors (Lipinski definition) is 23. The second-order valence-corrected chi connectivity index (χ2v) is 28.1. The van der Waals surface area contributed by atoms with Crippen LogP contribution in [0.2, 0.25) is 0 Å². The highest BCUT2D eigenvalue weighted by atomic mass is 31.1. The van der Waals surface area contributed by atoms with Gasteiger partial charge in [-0.2, -0.15) is 0 Å². The van der Waals surface area contributed by atoms with Crippen molar-refractivity contribution >= 4 is 84.4 Å². The van der Waals surface area contributed by atoms with Crippen LogP contribution in [0.3, 0.4) is 0 Å². The lowest BCUT2D eigenvalue weighted by atomic mass is 9.76. The van der Waals surface area contributed by atoms with Crippen molar-refractivity contribution in [3.8, 4) is 17.2 Å². The number of ketones is 1. The third kappa shape index (κ3) is 18.5. The topological polar surface area (TPSA) is 372 Å². The number of esters is 3. The molecule has 27 nitrogen and oxygen atoms in total. The number of phenols is 2. The second kappa shape index (κ2) is 34.1. The Kier molecular flexibility index (Phi) is 26.9. The molecule has 0 saturated carbocycles. The number of aldehydes is 1. The van der Waals surface area contributed by atoms with Crippen LogP contribution in [0.15, 0.2) is 70.4 Å². The van der Waals surface area contributed by atoms with Crippen molar-refractivity contribution in [3.63, 3.8) is 0 Å². The van der Waals surface area contributed by atoms with Crippen molar-refractivity contribution in [3.05, 3.63) is 87.8 Å². The first kappa shape index (κ1) is 78.7. The number of likely N-dealkylation sites (tertiary alicyclic amines) is 1. The first-order chi connectivity index (χ1) is 47.3. The van der Waals surface area contributed by atoms with E-state index < -0.39 is 155 Å². The van der Waals surface area contributed by atoms with Crippen LogP contribution >= 0.6 is 8.46 Å². The standard InChI is InChI=1S/C72H96N7O20P/c1-15-17-26-70(12,50(36-80)100-92)33-46-21-23-47(24-22-46)74-51(82)32-48(75-69(91)95-37-94-52(83)16-2)68(90)73-34-53(84)98-63-39(5)19-18-20-40(6)67(89)76-59-58-57(77-72(78-58)27-29-79(30-28-72)35-38(3)4)54-55(62(59)87)61(86)44(10)65-56(54)66(88)71(13,99-65)96-31-25-49(93-14)41(7)64(97-45(11)81)43(9)60(85)42(63)8/h18-25,31,36,38-39,41-43,48-50,60,63-64,77,85-87H,15-17,26-30,32-35,37H2,1-14H3,(H,73,90)(H,74,82)(H,75,91)/b19-18?,31-25?,40-20-,76-59?. The fourth-order valence-electron chi connectivity index (χ4n) is 13.4. The van der Waals surface area contributed by atoms with Gasteiger partial charge in [-0.05, 0) is 61.8 Å². The smallest absolute Gasteiger partial charge is 0.410 e. The van der Waals surface area contributed by atoms with Gasteiger partial charge in [0.05, 0.1) is 41.5 Å². The summed E-state index contributed by atoms with van der Waals surface area (Å²) in [5.41, 5.74) is -0.908. The summed E-state index contributed by atoms with van der Waals surface area (Å²) in [6.07, 6.45) is 4.76. The number of nitrogens with one attached hydrogen (secondary N) is 4. The van der Waals surface area contributed by atoms with Crippen molar-refractivity contribution < 1.29 is 96.2 Å². The molecule has 100 heavy (non-hydrogen) atoms. The first-order valence-electron chi connectivity index (χ1n) is 33.9. The molecule has 1 fully saturated rings. The molecule has 0 radical (unpaired) electrons. The summed E-state index contributed by atoms with van der Waals surface area (Å²) >= 11 is 0. The molecule has 8 rings (SSSR count). The molecular formula is C72H96N7O20P. The van der Waals surface area contributed by atoms with E-state index in [0.29, 0.717) is 56.7 Å². The average Bonchev–Trinajstić information content (AvgIpc) is 1.51. The largest absolute Gasteiger partial charge is 0.507 e. The number of amides is 4. The number of methoxy groups -OCH3 is 1. The molecule has 5 aliphatic rings. The van der Waals surface area contributed by atoms with E-state index in [-0.39, 0.29) is 64.5 Å². The molecule has 5 heterocycles. The van der Waals surface area contributed by atoms with E-state index in [4.69, 9.17) is 38.2 Å². The van der Waals surface area contributed by atoms with Crippen LogP contribution in [0.4, 0.5) is 16.2 Å². The Labute approximate surface area is 583 Å². The molecule has 7 N–H and O–H groups in total. The predicted molar refractivity (Wildman–Crippen MR) is 368 cm³/mol. The lowest BCUT2D eigenvalue weighted by Gasteiger charge is -2.39. The lowest BCUT2D eigenvalue weighted by Crippen LogP contribution is -2.50. The molecule has 5 bridgehead atoms. The van der Waals surface area contributed by atoms with Gasteiger partial charge in [0.2, 0.25) is 18.6 Å². The van der Waals surface area contributed by atoms with Gasteiger partial charge in [0, 0.05) is 106 Å². The molecular weight excluding hydrogens is 1310 g/mol. The highest BCUT2D eigenvalue weighted by Crippen LogP contribution is 2.51. The first-order valence-corrected chi connectivity index (χ1v) is 34.8. The Balaban J connectivity index is 1.22. The Morgan fingerprint density at radius 2 is 1.60 bits per heavy atom. The molecule has 3 aromatic carbocycles. The molecule has 5 aliphatic heterocycles. The van der Waals surface area contributed by atoms with Crippen LogP contribution in [-0.4, -0.2) is 162 Å². The van der Waals surface area contributed by atoms with Crippen molar-refractivity contribution in [1.82, 2.24) is 15.5 Å². The fraction of sp³-hybridized carbons (Fsp3) is 0.569. The van der Waals surface area contributed by atoms with Crippen LogP contribution < -0.4 is 36.7 Å². The highest BCUT2D eigenvalue weighted by molar-refractivity contribution is 7.26. The summed E-state index contributed by atoms with van der Waals surface area (Å²) in [6.45, 7) is 22.3. The van der Waals surface area contributed by atoms with Gasteiger partial charge in [0.1, 0.15) is 64.6 Å². The third-order valence-corrected chi connectivity index (χ3v) is 20.1. The summed E-state index contributed by atoms with van der Waals surface area (Å²) in [5.74, 6) is -12.2. The number of nitrogens with zero attached hydrogens (tertiary/aromatic N) is 3. The molecule has 1 spiro atoms. The van der Waals surface area contributed by atoms with Gasteiger partial charge in [0.15, 0.2) is 14.2 Å². The van der Waals surface area contributed by atoms with Gasteiger partial charge < -0.3 is 79.4 Å². The fourth-order valence-corrected chi connectivity index (χ4v) is 13.9. The predicted octanol–water partition coefficient (Wildman–Crippen LogP) is 8.05. The normalized spacial score (nSPS) is 24.8. The minimum absolute atomic E-state index is 0.0226. The molecule has 3 aromatic rings. The Morgan fingerprint density at radius 3 is 2.22 bits per heavy atom. The number of carbonyl (C=O) groups is 9. The van der Waals surface area contributed by atoms with E-state index >= 15 is 4.79 Å². The van der Waals surface area contributed by atoms with Crippen molar-refractivity contribution in [2.24, 2.45) is 45.0 Å². The number of phenolic OH excluding ortho intramolecular Hbond substituents is 2. The maximum atomic E-state index is 15.0. The van der Waals surface area contributed by atoms with Gasteiger partial charge in [-0.1, -0.05) is 106 Å². The van der Waals surface area contributed by atoms with Crippen LogP contribution in [-0.2, 0) is 73.0 Å². The van der Waals surface area contributed by atoms with Gasteiger partial charge in [0.25, 0.3) is 11.7 Å². The molecule has 0 aromatic heterocycles. The summed E-state index contributed by atoms with van der Waals surface area (Å²) in [4.78, 5) is 133. The number of rotatable bonds is 23. The molecule has 544 valence electrons. The van der Waals surface area contributed by atoms with Crippen LogP contribution in [0.1, 0.15) is 150 Å². The van der Waals surface area contributed by atoms with Crippen LogP contribution in [0.5, 0.6) is 17.2 Å². The third-order valence-electron chi connectivity index (χ3n) is 19.1. The zero-order valence-corrected chi connectivity index (χ0v) is 60.3. The summed E-state index contributed by atoms with van der Waals surface area (Å²) < 4.78 is 52.4. The molecule has 12 atom stereocenters. The van der Waals surface area contributed by atoms with Gasteiger partial charge in [-0.25, -0.2) is 9.79 Å². The van der Waals surface area contributed by atoms with E-state index in [9.17, 15) is 58.2 Å². The number of fused-ring (bicyclic) bond motifs is 13. The van der Waals surface area contributed by atoms with Crippen molar-refractivity contribution in [1.29, 1.82) is 0 Å². The summed E-state index contributed by atoms with van der Waals surface area (Å²) in [6, 6.07) is 4.95. The minimum Gasteiger partial charge on any atom is -0.507 e. The van der Waals surface area contributed by atoms with Crippen LogP contribution in [0, 0.1) is 41.9 Å². The lowest BCUT2D eigenvalue weighted by molar-refractivity contribution is -0.165.